The lowest BCUT2D eigenvalue weighted by Gasteiger charge is -2.15. The van der Waals surface area contributed by atoms with Crippen LogP contribution in [0.15, 0.2) is 66.7 Å². The molecule has 146 valence electrons. The molecule has 0 aliphatic carbocycles. The molecule has 0 aliphatic heterocycles. The Morgan fingerprint density at radius 2 is 1.72 bits per heavy atom. The van der Waals surface area contributed by atoms with Crippen molar-refractivity contribution in [3.63, 3.8) is 0 Å². The highest BCUT2D eigenvalue weighted by atomic mass is 35.5. The normalized spacial score (nSPS) is 11.0. The number of allylic oxidation sites excluding steroid dienone is 1. The fourth-order valence-electron chi connectivity index (χ4n) is 2.78. The van der Waals surface area contributed by atoms with Crippen molar-refractivity contribution in [3.8, 4) is 17.6 Å². The molecule has 0 bridgehead atoms. The van der Waals surface area contributed by atoms with E-state index in [4.69, 9.17) is 32.7 Å². The zero-order valence-electron chi connectivity index (χ0n) is 15.9. The smallest absolute Gasteiger partial charge is 0.180 e. The van der Waals surface area contributed by atoms with Gasteiger partial charge in [-0.05, 0) is 54.0 Å². The van der Waals surface area contributed by atoms with Crippen LogP contribution in [0, 0.1) is 11.3 Å². The first-order chi connectivity index (χ1) is 14.1. The van der Waals surface area contributed by atoms with Crippen LogP contribution in [0.2, 0.25) is 10.0 Å². The molecule has 3 aromatic rings. The van der Waals surface area contributed by atoms with E-state index in [9.17, 15) is 5.26 Å². The standard InChI is InChI=1S/C24H19Cl2NO2/c1-2-28-23-14-18(12-20(15-27)19-8-10-21(25)11-9-19)13-22(26)24(23)29-16-17-6-4-3-5-7-17/h3-14H,2,16H2,1H3/b20-12+. The summed E-state index contributed by atoms with van der Waals surface area (Å²) >= 11 is 12.4. The Balaban J connectivity index is 1.92. The molecule has 0 amide bonds. The van der Waals surface area contributed by atoms with Crippen LogP contribution in [0.4, 0.5) is 0 Å². The number of rotatable bonds is 7. The molecule has 5 heteroatoms. The van der Waals surface area contributed by atoms with E-state index in [1.54, 1.807) is 36.4 Å². The molecule has 0 fully saturated rings. The molecule has 0 aromatic heterocycles. The molecule has 0 radical (unpaired) electrons. The monoisotopic (exact) mass is 423 g/mol. The van der Waals surface area contributed by atoms with E-state index in [1.165, 1.54) is 0 Å². The summed E-state index contributed by atoms with van der Waals surface area (Å²) in [6.07, 6.45) is 1.76. The van der Waals surface area contributed by atoms with Gasteiger partial charge in [0.15, 0.2) is 11.5 Å². The Kier molecular flexibility index (Phi) is 7.19. The second-order valence-electron chi connectivity index (χ2n) is 6.21. The summed E-state index contributed by atoms with van der Waals surface area (Å²) in [4.78, 5) is 0. The lowest BCUT2D eigenvalue weighted by Crippen LogP contribution is -2.01. The van der Waals surface area contributed by atoms with Gasteiger partial charge in [0, 0.05) is 5.02 Å². The average Bonchev–Trinajstić information content (AvgIpc) is 2.73. The molecule has 0 spiro atoms. The molecule has 0 saturated carbocycles. The maximum absolute atomic E-state index is 9.58. The Bertz CT molecular complexity index is 1040. The van der Waals surface area contributed by atoms with Gasteiger partial charge in [0.2, 0.25) is 0 Å². The van der Waals surface area contributed by atoms with Crippen LogP contribution in [0.1, 0.15) is 23.6 Å². The van der Waals surface area contributed by atoms with Crippen molar-refractivity contribution < 1.29 is 9.47 Å². The number of halogens is 2. The second-order valence-corrected chi connectivity index (χ2v) is 7.06. The van der Waals surface area contributed by atoms with Gasteiger partial charge >= 0.3 is 0 Å². The Hall–Kier alpha value is -2.93. The van der Waals surface area contributed by atoms with Crippen LogP contribution in [0.3, 0.4) is 0 Å². The third kappa shape index (κ3) is 5.54. The second kappa shape index (κ2) is 10.0. The molecule has 0 aliphatic rings. The topological polar surface area (TPSA) is 42.2 Å². The summed E-state index contributed by atoms with van der Waals surface area (Å²) in [7, 11) is 0. The van der Waals surface area contributed by atoms with Gasteiger partial charge in [-0.3, -0.25) is 0 Å². The van der Waals surface area contributed by atoms with Gasteiger partial charge in [0.05, 0.1) is 23.3 Å². The van der Waals surface area contributed by atoms with E-state index >= 15 is 0 Å². The number of ether oxygens (including phenoxy) is 2. The SMILES string of the molecule is CCOc1cc(/C=C(\C#N)c2ccc(Cl)cc2)cc(Cl)c1OCc1ccccc1. The first-order valence-corrected chi connectivity index (χ1v) is 9.87. The Morgan fingerprint density at radius 3 is 2.38 bits per heavy atom. The van der Waals surface area contributed by atoms with Crippen LogP contribution in [0.5, 0.6) is 11.5 Å². The molecule has 0 unspecified atom stereocenters. The fraction of sp³-hybridized carbons (Fsp3) is 0.125. The fourth-order valence-corrected chi connectivity index (χ4v) is 3.18. The summed E-state index contributed by atoms with van der Waals surface area (Å²) in [5.74, 6) is 1.02. The van der Waals surface area contributed by atoms with E-state index in [2.05, 4.69) is 6.07 Å². The average molecular weight is 424 g/mol. The van der Waals surface area contributed by atoms with E-state index in [-0.39, 0.29) is 0 Å². The first-order valence-electron chi connectivity index (χ1n) is 9.11. The number of nitriles is 1. The lowest BCUT2D eigenvalue weighted by atomic mass is 10.0. The lowest BCUT2D eigenvalue weighted by molar-refractivity contribution is 0.269. The minimum atomic E-state index is 0.379. The Morgan fingerprint density at radius 1 is 1.00 bits per heavy atom. The zero-order valence-corrected chi connectivity index (χ0v) is 17.4. The third-order valence-corrected chi connectivity index (χ3v) is 4.68. The predicted octanol–water partition coefficient (Wildman–Crippen LogP) is 7.04. The van der Waals surface area contributed by atoms with Crippen LogP contribution in [0.25, 0.3) is 11.6 Å². The first kappa shape index (κ1) is 20.8. The maximum Gasteiger partial charge on any atom is 0.180 e. The van der Waals surface area contributed by atoms with Crippen LogP contribution < -0.4 is 9.47 Å². The van der Waals surface area contributed by atoms with Gasteiger partial charge in [0.1, 0.15) is 6.61 Å². The number of hydrogen-bond acceptors (Lipinski definition) is 3. The summed E-state index contributed by atoms with van der Waals surface area (Å²) < 4.78 is 11.7. The molecule has 3 rings (SSSR count). The van der Waals surface area contributed by atoms with Crippen LogP contribution in [-0.4, -0.2) is 6.61 Å². The summed E-state index contributed by atoms with van der Waals surface area (Å²) in [5.41, 5.74) is 3.05. The highest BCUT2D eigenvalue weighted by Gasteiger charge is 2.13. The third-order valence-electron chi connectivity index (χ3n) is 4.14. The van der Waals surface area contributed by atoms with Gasteiger partial charge in [-0.15, -0.1) is 0 Å². The van der Waals surface area contributed by atoms with Crippen molar-refractivity contribution in [2.24, 2.45) is 0 Å². The van der Waals surface area contributed by atoms with Gasteiger partial charge in [-0.25, -0.2) is 0 Å². The maximum atomic E-state index is 9.58. The quantitative estimate of drug-likeness (QED) is 0.302. The van der Waals surface area contributed by atoms with Crippen molar-refractivity contribution in [1.29, 1.82) is 5.26 Å². The largest absolute Gasteiger partial charge is 0.490 e. The van der Waals surface area contributed by atoms with Gasteiger partial charge in [-0.2, -0.15) is 5.26 Å². The molecule has 29 heavy (non-hydrogen) atoms. The minimum absolute atomic E-state index is 0.379. The van der Waals surface area contributed by atoms with Crippen molar-refractivity contribution in [2.45, 2.75) is 13.5 Å². The van der Waals surface area contributed by atoms with E-state index in [1.807, 2.05) is 43.3 Å². The van der Waals surface area contributed by atoms with E-state index in [0.717, 1.165) is 16.7 Å². The highest BCUT2D eigenvalue weighted by Crippen LogP contribution is 2.38. The van der Waals surface area contributed by atoms with Gasteiger partial charge < -0.3 is 9.47 Å². The molecule has 3 nitrogen and oxygen atoms in total. The van der Waals surface area contributed by atoms with Crippen molar-refractivity contribution >= 4 is 34.9 Å². The Labute approximate surface area is 180 Å². The summed E-state index contributed by atoms with van der Waals surface area (Å²) in [6.45, 7) is 2.74. The zero-order chi connectivity index (χ0) is 20.6. The molecule has 0 heterocycles. The molecular formula is C24H19Cl2NO2. The number of hydrogen-bond donors (Lipinski definition) is 0. The molecular weight excluding hydrogens is 405 g/mol. The van der Waals surface area contributed by atoms with Crippen LogP contribution in [-0.2, 0) is 6.61 Å². The van der Waals surface area contributed by atoms with Crippen molar-refractivity contribution in [3.05, 3.63) is 93.5 Å². The van der Waals surface area contributed by atoms with E-state index in [0.29, 0.717) is 40.3 Å². The van der Waals surface area contributed by atoms with Crippen LogP contribution >= 0.6 is 23.2 Å². The molecule has 3 aromatic carbocycles. The summed E-state index contributed by atoms with van der Waals surface area (Å²) in [6, 6.07) is 22.8. The predicted molar refractivity (Wildman–Crippen MR) is 118 cm³/mol. The molecule has 0 saturated heterocycles. The van der Waals surface area contributed by atoms with Gasteiger partial charge in [0.25, 0.3) is 0 Å². The summed E-state index contributed by atoms with van der Waals surface area (Å²) in [5, 5.41) is 10.6. The van der Waals surface area contributed by atoms with Gasteiger partial charge in [-0.1, -0.05) is 65.7 Å². The highest BCUT2D eigenvalue weighted by molar-refractivity contribution is 6.32. The van der Waals surface area contributed by atoms with Crippen molar-refractivity contribution in [2.75, 3.05) is 6.61 Å². The number of benzene rings is 3. The van der Waals surface area contributed by atoms with Crippen molar-refractivity contribution in [1.82, 2.24) is 0 Å². The molecule has 0 N–H and O–H groups in total. The molecule has 0 atom stereocenters. The minimum Gasteiger partial charge on any atom is -0.490 e. The number of nitrogens with zero attached hydrogens (tertiary/aromatic N) is 1. The van der Waals surface area contributed by atoms with E-state index < -0.39 is 0 Å².